The van der Waals surface area contributed by atoms with Gasteiger partial charge in [-0.25, -0.2) is 0 Å². The molecule has 4 aromatic rings. The summed E-state index contributed by atoms with van der Waals surface area (Å²) in [6, 6.07) is 11.4. The lowest BCUT2D eigenvalue weighted by atomic mass is 10.1. The Balaban J connectivity index is 1.42. The van der Waals surface area contributed by atoms with E-state index in [0.29, 0.717) is 22.3 Å². The smallest absolute Gasteiger partial charge is 0.246 e. The second-order valence-electron chi connectivity index (χ2n) is 6.33. The highest BCUT2D eigenvalue weighted by molar-refractivity contribution is 7.71. The molecular weight excluding hydrogens is 390 g/mol. The first-order chi connectivity index (χ1) is 14.1. The van der Waals surface area contributed by atoms with Crippen LogP contribution in [-0.2, 0) is 17.9 Å². The van der Waals surface area contributed by atoms with Gasteiger partial charge in [-0.3, -0.25) is 19.4 Å². The summed E-state index contributed by atoms with van der Waals surface area (Å²) in [4.78, 5) is 20.7. The molecule has 0 atom stereocenters. The van der Waals surface area contributed by atoms with Crippen molar-refractivity contribution in [3.8, 4) is 22.8 Å². The van der Waals surface area contributed by atoms with Crippen molar-refractivity contribution >= 4 is 18.1 Å². The molecule has 0 aliphatic heterocycles. The lowest BCUT2D eigenvalue weighted by Crippen LogP contribution is -2.27. The minimum atomic E-state index is -0.250. The number of aromatic amines is 1. The third-order valence-corrected chi connectivity index (χ3v) is 4.52. The zero-order valence-electron chi connectivity index (χ0n) is 15.5. The van der Waals surface area contributed by atoms with Crippen LogP contribution in [0.5, 0.6) is 0 Å². The molecule has 0 aliphatic carbocycles. The summed E-state index contributed by atoms with van der Waals surface area (Å²) < 4.78 is 7.20. The minimum absolute atomic E-state index is 0.0178. The Bertz CT molecular complexity index is 1180. The van der Waals surface area contributed by atoms with E-state index in [1.165, 1.54) is 0 Å². The Hall–Kier alpha value is -3.66. The minimum Gasteiger partial charge on any atom is -0.345 e. The van der Waals surface area contributed by atoms with Crippen molar-refractivity contribution in [2.24, 2.45) is 0 Å². The first-order valence-corrected chi connectivity index (χ1v) is 9.23. The summed E-state index contributed by atoms with van der Waals surface area (Å²) >= 11 is 5.27. The van der Waals surface area contributed by atoms with E-state index < -0.39 is 0 Å². The van der Waals surface area contributed by atoms with Crippen LogP contribution in [0.25, 0.3) is 22.8 Å². The predicted octanol–water partition coefficient (Wildman–Crippen LogP) is 2.68. The average molecular weight is 407 g/mol. The summed E-state index contributed by atoms with van der Waals surface area (Å²) in [5, 5.41) is 13.7. The Labute approximate surface area is 170 Å². The molecule has 0 saturated carbocycles. The number of carbonyl (C=O) groups excluding carboxylic acids is 1. The van der Waals surface area contributed by atoms with E-state index in [-0.39, 0.29) is 19.0 Å². The van der Waals surface area contributed by atoms with Gasteiger partial charge in [-0.1, -0.05) is 35.0 Å². The molecule has 146 valence electrons. The van der Waals surface area contributed by atoms with Crippen LogP contribution in [0.2, 0.25) is 0 Å². The molecule has 4 rings (SSSR count). The van der Waals surface area contributed by atoms with Gasteiger partial charge in [-0.15, -0.1) is 0 Å². The molecule has 3 heterocycles. The second kappa shape index (κ2) is 8.15. The van der Waals surface area contributed by atoms with Crippen molar-refractivity contribution in [3.05, 3.63) is 65.0 Å². The maximum Gasteiger partial charge on any atom is 0.246 e. The first kappa shape index (κ1) is 18.7. The fourth-order valence-electron chi connectivity index (χ4n) is 2.71. The molecule has 1 amide bonds. The number of hydrogen-bond acceptors (Lipinski definition) is 7. The monoisotopic (exact) mass is 407 g/mol. The maximum atomic E-state index is 12.4. The maximum absolute atomic E-state index is 12.4. The van der Waals surface area contributed by atoms with Gasteiger partial charge in [0, 0.05) is 23.5 Å². The number of aryl methyl sites for hydroxylation is 1. The highest BCUT2D eigenvalue weighted by atomic mass is 32.1. The predicted molar refractivity (Wildman–Crippen MR) is 107 cm³/mol. The van der Waals surface area contributed by atoms with Crippen LogP contribution < -0.4 is 5.32 Å². The number of rotatable bonds is 6. The summed E-state index contributed by atoms with van der Waals surface area (Å²) in [6.45, 7) is 2.14. The van der Waals surface area contributed by atoms with Gasteiger partial charge in [0.05, 0.1) is 6.54 Å². The van der Waals surface area contributed by atoms with E-state index >= 15 is 0 Å². The van der Waals surface area contributed by atoms with Crippen molar-refractivity contribution < 1.29 is 9.32 Å². The van der Waals surface area contributed by atoms with E-state index in [0.717, 1.165) is 16.7 Å². The SMILES string of the molecule is Cc1ccc(-c2n[nH]c(=S)n2CC(=O)NCc2nc(-c3ccncc3)no2)cc1. The van der Waals surface area contributed by atoms with E-state index in [1.807, 2.05) is 31.2 Å². The Kier molecular flexibility index (Phi) is 5.25. The fourth-order valence-corrected chi connectivity index (χ4v) is 2.90. The van der Waals surface area contributed by atoms with Gasteiger partial charge in [-0.2, -0.15) is 10.1 Å². The van der Waals surface area contributed by atoms with E-state index in [4.69, 9.17) is 16.7 Å². The zero-order valence-corrected chi connectivity index (χ0v) is 16.3. The van der Waals surface area contributed by atoms with E-state index in [9.17, 15) is 4.79 Å². The molecule has 0 fully saturated rings. The highest BCUT2D eigenvalue weighted by Gasteiger charge is 2.14. The summed E-state index contributed by atoms with van der Waals surface area (Å²) in [6.07, 6.45) is 3.29. The molecule has 29 heavy (non-hydrogen) atoms. The van der Waals surface area contributed by atoms with Crippen LogP contribution in [0.1, 0.15) is 11.5 Å². The summed E-state index contributed by atoms with van der Waals surface area (Å²) in [5.74, 6) is 1.09. The molecule has 1 aromatic carbocycles. The van der Waals surface area contributed by atoms with Gasteiger partial charge in [0.1, 0.15) is 6.54 Å². The number of pyridine rings is 1. The van der Waals surface area contributed by atoms with Crippen molar-refractivity contribution in [1.29, 1.82) is 0 Å². The first-order valence-electron chi connectivity index (χ1n) is 8.82. The van der Waals surface area contributed by atoms with Crippen LogP contribution in [0.3, 0.4) is 0 Å². The van der Waals surface area contributed by atoms with E-state index in [2.05, 4.69) is 30.6 Å². The molecule has 0 bridgehead atoms. The van der Waals surface area contributed by atoms with Crippen LogP contribution >= 0.6 is 12.2 Å². The lowest BCUT2D eigenvalue weighted by Gasteiger charge is -2.07. The van der Waals surface area contributed by atoms with Crippen LogP contribution in [0.4, 0.5) is 0 Å². The number of benzene rings is 1. The van der Waals surface area contributed by atoms with Gasteiger partial charge >= 0.3 is 0 Å². The Morgan fingerprint density at radius 2 is 1.93 bits per heavy atom. The van der Waals surface area contributed by atoms with Gasteiger partial charge < -0.3 is 9.84 Å². The third kappa shape index (κ3) is 4.27. The van der Waals surface area contributed by atoms with Crippen LogP contribution in [0.15, 0.2) is 53.3 Å². The van der Waals surface area contributed by atoms with Gasteiger partial charge in [0.2, 0.25) is 17.6 Å². The van der Waals surface area contributed by atoms with Crippen LogP contribution in [-0.4, -0.2) is 35.8 Å². The van der Waals surface area contributed by atoms with Crippen molar-refractivity contribution in [2.75, 3.05) is 0 Å². The number of amides is 1. The number of nitrogens with zero attached hydrogens (tertiary/aromatic N) is 5. The summed E-state index contributed by atoms with van der Waals surface area (Å²) in [5.41, 5.74) is 2.79. The largest absolute Gasteiger partial charge is 0.345 e. The average Bonchev–Trinajstić information content (AvgIpc) is 3.35. The Morgan fingerprint density at radius 3 is 2.69 bits per heavy atom. The molecular formula is C19H17N7O2S. The van der Waals surface area contributed by atoms with Gasteiger partial charge in [0.15, 0.2) is 10.6 Å². The zero-order chi connectivity index (χ0) is 20.2. The Morgan fingerprint density at radius 1 is 1.17 bits per heavy atom. The topological polar surface area (TPSA) is 115 Å². The summed E-state index contributed by atoms with van der Waals surface area (Å²) in [7, 11) is 0. The molecule has 0 aliphatic rings. The number of carbonyl (C=O) groups is 1. The standard InChI is InChI=1S/C19H17N7O2S/c1-12-2-4-14(5-3-12)18-23-24-19(29)26(18)11-15(27)21-10-16-22-17(25-28-16)13-6-8-20-9-7-13/h2-9H,10-11H2,1H3,(H,21,27)(H,24,29). The molecule has 0 saturated heterocycles. The molecule has 2 N–H and O–H groups in total. The molecule has 9 nitrogen and oxygen atoms in total. The second-order valence-corrected chi connectivity index (χ2v) is 6.72. The molecule has 0 unspecified atom stereocenters. The molecule has 10 heteroatoms. The number of H-pyrrole nitrogens is 1. The van der Waals surface area contributed by atoms with Gasteiger partial charge in [0.25, 0.3) is 0 Å². The highest BCUT2D eigenvalue weighted by Crippen LogP contribution is 2.18. The van der Waals surface area contributed by atoms with Crippen molar-refractivity contribution in [3.63, 3.8) is 0 Å². The number of hydrogen-bond donors (Lipinski definition) is 2. The van der Waals surface area contributed by atoms with Crippen LogP contribution in [0, 0.1) is 11.7 Å². The normalized spacial score (nSPS) is 10.8. The number of aromatic nitrogens is 6. The lowest BCUT2D eigenvalue weighted by molar-refractivity contribution is -0.121. The molecule has 0 spiro atoms. The van der Waals surface area contributed by atoms with E-state index in [1.54, 1.807) is 29.1 Å². The molecule has 3 aromatic heterocycles. The molecule has 0 radical (unpaired) electrons. The van der Waals surface area contributed by atoms with Gasteiger partial charge in [-0.05, 0) is 31.3 Å². The fraction of sp³-hybridized carbons (Fsp3) is 0.158. The number of nitrogens with one attached hydrogen (secondary N) is 2. The van der Waals surface area contributed by atoms with Crippen molar-refractivity contribution in [2.45, 2.75) is 20.0 Å². The van der Waals surface area contributed by atoms with Crippen molar-refractivity contribution in [1.82, 2.24) is 35.2 Å². The third-order valence-electron chi connectivity index (χ3n) is 4.21. The quantitative estimate of drug-likeness (QED) is 0.472.